The van der Waals surface area contributed by atoms with Crippen molar-refractivity contribution < 1.29 is 14.2 Å². The van der Waals surface area contributed by atoms with E-state index >= 15 is 0 Å². The van der Waals surface area contributed by atoms with Gasteiger partial charge in [0.05, 0.1) is 6.61 Å². The molecule has 2 rings (SSSR count). The quantitative estimate of drug-likeness (QED) is 0.520. The first-order chi connectivity index (χ1) is 10.3. The van der Waals surface area contributed by atoms with Crippen LogP contribution in [0.1, 0.15) is 12.5 Å². The molecule has 0 aliphatic rings. The van der Waals surface area contributed by atoms with Crippen LogP contribution in [-0.2, 0) is 5.33 Å². The first-order valence-electron chi connectivity index (χ1n) is 6.96. The van der Waals surface area contributed by atoms with Crippen LogP contribution in [0, 0.1) is 0 Å². The second-order valence-corrected chi connectivity index (χ2v) is 4.92. The Morgan fingerprint density at radius 3 is 2.29 bits per heavy atom. The van der Waals surface area contributed by atoms with Gasteiger partial charge >= 0.3 is 0 Å². The molecule has 0 fully saturated rings. The van der Waals surface area contributed by atoms with Crippen molar-refractivity contribution in [3.63, 3.8) is 0 Å². The molecule has 4 heteroatoms. The van der Waals surface area contributed by atoms with Gasteiger partial charge in [0, 0.05) is 5.33 Å². The molecule has 0 bridgehead atoms. The highest BCUT2D eigenvalue weighted by atomic mass is 79.9. The Morgan fingerprint density at radius 2 is 1.57 bits per heavy atom. The maximum Gasteiger partial charge on any atom is 0.161 e. The Labute approximate surface area is 134 Å². The lowest BCUT2D eigenvalue weighted by molar-refractivity contribution is 0.208. The first kappa shape index (κ1) is 15.7. The molecule has 0 heterocycles. The van der Waals surface area contributed by atoms with E-state index < -0.39 is 0 Å². The standard InChI is InChI=1S/C17H19BrO3/c1-2-19-16-8-3-4-9-17(16)21-11-10-20-15-7-5-6-14(12-15)13-18/h3-9,12H,2,10-11,13H2,1H3. The summed E-state index contributed by atoms with van der Waals surface area (Å²) in [6.45, 7) is 3.54. The molecule has 0 aliphatic heterocycles. The minimum atomic E-state index is 0.475. The predicted molar refractivity (Wildman–Crippen MR) is 87.7 cm³/mol. The van der Waals surface area contributed by atoms with E-state index in [0.29, 0.717) is 19.8 Å². The van der Waals surface area contributed by atoms with Crippen LogP contribution in [0.15, 0.2) is 48.5 Å². The highest BCUT2D eigenvalue weighted by Crippen LogP contribution is 2.26. The van der Waals surface area contributed by atoms with E-state index in [4.69, 9.17) is 14.2 Å². The Hall–Kier alpha value is -1.68. The number of hydrogen-bond acceptors (Lipinski definition) is 3. The molecular weight excluding hydrogens is 332 g/mol. The summed E-state index contributed by atoms with van der Waals surface area (Å²) < 4.78 is 16.9. The zero-order valence-corrected chi connectivity index (χ0v) is 13.6. The average molecular weight is 351 g/mol. The van der Waals surface area contributed by atoms with Gasteiger partial charge in [-0.1, -0.05) is 40.2 Å². The Balaban J connectivity index is 1.81. The van der Waals surface area contributed by atoms with Crippen molar-refractivity contribution in [1.29, 1.82) is 0 Å². The monoisotopic (exact) mass is 350 g/mol. The highest BCUT2D eigenvalue weighted by Gasteiger charge is 2.03. The second kappa shape index (κ2) is 8.57. The summed E-state index contributed by atoms with van der Waals surface area (Å²) in [4.78, 5) is 0. The summed E-state index contributed by atoms with van der Waals surface area (Å²) in [5, 5.41) is 0.822. The minimum Gasteiger partial charge on any atom is -0.490 e. The van der Waals surface area contributed by atoms with Gasteiger partial charge in [-0.2, -0.15) is 0 Å². The molecule has 21 heavy (non-hydrogen) atoms. The summed E-state index contributed by atoms with van der Waals surface area (Å²) in [6.07, 6.45) is 0. The largest absolute Gasteiger partial charge is 0.490 e. The van der Waals surface area contributed by atoms with Gasteiger partial charge in [-0.3, -0.25) is 0 Å². The molecule has 2 aromatic rings. The lowest BCUT2D eigenvalue weighted by atomic mass is 10.2. The van der Waals surface area contributed by atoms with Gasteiger partial charge in [-0.25, -0.2) is 0 Å². The van der Waals surface area contributed by atoms with Crippen LogP contribution in [0.4, 0.5) is 0 Å². The lowest BCUT2D eigenvalue weighted by Crippen LogP contribution is -2.09. The molecule has 0 spiro atoms. The third-order valence-electron chi connectivity index (χ3n) is 2.81. The molecule has 0 saturated carbocycles. The lowest BCUT2D eigenvalue weighted by Gasteiger charge is -2.12. The maximum atomic E-state index is 5.71. The molecule has 0 aromatic heterocycles. The van der Waals surface area contributed by atoms with Crippen molar-refractivity contribution in [2.24, 2.45) is 0 Å². The van der Waals surface area contributed by atoms with Gasteiger partial charge < -0.3 is 14.2 Å². The van der Waals surface area contributed by atoms with Crippen molar-refractivity contribution >= 4 is 15.9 Å². The zero-order valence-electron chi connectivity index (χ0n) is 12.0. The Bertz CT molecular complexity index is 557. The Morgan fingerprint density at radius 1 is 0.857 bits per heavy atom. The molecule has 0 radical (unpaired) electrons. The summed E-state index contributed by atoms with van der Waals surface area (Å²) in [6, 6.07) is 15.7. The van der Waals surface area contributed by atoms with E-state index in [-0.39, 0.29) is 0 Å². The third kappa shape index (κ3) is 4.97. The topological polar surface area (TPSA) is 27.7 Å². The van der Waals surface area contributed by atoms with Crippen molar-refractivity contribution in [3.8, 4) is 17.2 Å². The van der Waals surface area contributed by atoms with Crippen LogP contribution in [-0.4, -0.2) is 19.8 Å². The van der Waals surface area contributed by atoms with Crippen molar-refractivity contribution in [2.45, 2.75) is 12.3 Å². The van der Waals surface area contributed by atoms with Crippen molar-refractivity contribution in [2.75, 3.05) is 19.8 Å². The first-order valence-corrected chi connectivity index (χ1v) is 8.08. The van der Waals surface area contributed by atoms with Gasteiger partial charge in [-0.15, -0.1) is 0 Å². The van der Waals surface area contributed by atoms with E-state index in [1.807, 2.05) is 49.4 Å². The molecule has 0 amide bonds. The average Bonchev–Trinajstić information content (AvgIpc) is 2.53. The summed E-state index contributed by atoms with van der Waals surface area (Å²) in [7, 11) is 0. The molecule has 2 aromatic carbocycles. The molecule has 0 unspecified atom stereocenters. The molecule has 0 saturated heterocycles. The number of halogens is 1. The predicted octanol–water partition coefficient (Wildman–Crippen LogP) is 4.44. The molecule has 112 valence electrons. The van der Waals surface area contributed by atoms with Crippen molar-refractivity contribution in [3.05, 3.63) is 54.1 Å². The molecular formula is C17H19BrO3. The highest BCUT2D eigenvalue weighted by molar-refractivity contribution is 9.08. The van der Waals surface area contributed by atoms with Crippen molar-refractivity contribution in [1.82, 2.24) is 0 Å². The van der Waals surface area contributed by atoms with Crippen LogP contribution in [0.5, 0.6) is 17.2 Å². The summed E-state index contributed by atoms with van der Waals surface area (Å²) in [5.74, 6) is 2.37. The fraction of sp³-hybridized carbons (Fsp3) is 0.294. The van der Waals surface area contributed by atoms with Gasteiger partial charge in [0.25, 0.3) is 0 Å². The number of alkyl halides is 1. The number of para-hydroxylation sites is 2. The van der Waals surface area contributed by atoms with Gasteiger partial charge in [0.1, 0.15) is 19.0 Å². The minimum absolute atomic E-state index is 0.475. The normalized spacial score (nSPS) is 10.2. The van der Waals surface area contributed by atoms with Crippen LogP contribution in [0.2, 0.25) is 0 Å². The fourth-order valence-electron chi connectivity index (χ4n) is 1.87. The van der Waals surface area contributed by atoms with Gasteiger partial charge in [0.2, 0.25) is 0 Å². The SMILES string of the molecule is CCOc1ccccc1OCCOc1cccc(CBr)c1. The van der Waals surface area contributed by atoms with E-state index in [2.05, 4.69) is 22.0 Å². The van der Waals surface area contributed by atoms with Crippen LogP contribution >= 0.6 is 15.9 Å². The van der Waals surface area contributed by atoms with Crippen LogP contribution in [0.3, 0.4) is 0 Å². The fourth-order valence-corrected chi connectivity index (χ4v) is 2.22. The van der Waals surface area contributed by atoms with E-state index in [0.717, 1.165) is 22.6 Å². The third-order valence-corrected chi connectivity index (χ3v) is 3.46. The molecule has 3 nitrogen and oxygen atoms in total. The smallest absolute Gasteiger partial charge is 0.161 e. The number of rotatable bonds is 8. The van der Waals surface area contributed by atoms with Crippen LogP contribution < -0.4 is 14.2 Å². The van der Waals surface area contributed by atoms with Gasteiger partial charge in [0.15, 0.2) is 11.5 Å². The molecule has 0 atom stereocenters. The number of ether oxygens (including phenoxy) is 3. The van der Waals surface area contributed by atoms with E-state index in [1.54, 1.807) is 0 Å². The Kier molecular flexibility index (Phi) is 6.41. The zero-order chi connectivity index (χ0) is 14.9. The van der Waals surface area contributed by atoms with E-state index in [1.165, 1.54) is 5.56 Å². The number of hydrogen-bond donors (Lipinski definition) is 0. The van der Waals surface area contributed by atoms with Gasteiger partial charge in [-0.05, 0) is 36.8 Å². The van der Waals surface area contributed by atoms with E-state index in [9.17, 15) is 0 Å². The molecule has 0 N–H and O–H groups in total. The maximum absolute atomic E-state index is 5.71. The number of benzene rings is 2. The van der Waals surface area contributed by atoms with Crippen LogP contribution in [0.25, 0.3) is 0 Å². The molecule has 0 aliphatic carbocycles. The summed E-state index contributed by atoms with van der Waals surface area (Å²) in [5.41, 5.74) is 1.19. The summed E-state index contributed by atoms with van der Waals surface area (Å²) >= 11 is 3.43. The second-order valence-electron chi connectivity index (χ2n) is 4.36.